The first-order chi connectivity index (χ1) is 12.3. The molecule has 0 N–H and O–H groups in total. The molecule has 3 unspecified atom stereocenters. The lowest BCUT2D eigenvalue weighted by atomic mass is 9.72. The molecule has 0 aliphatic carbocycles. The minimum atomic E-state index is 0.252. The van der Waals surface area contributed by atoms with Crippen LogP contribution in [0.4, 0.5) is 0 Å². The molecule has 2 saturated heterocycles. The minimum absolute atomic E-state index is 0.252. The number of hydrogen-bond donors (Lipinski definition) is 0. The third kappa shape index (κ3) is 2.56. The summed E-state index contributed by atoms with van der Waals surface area (Å²) in [6.07, 6.45) is 5.84. The van der Waals surface area contributed by atoms with Crippen LogP contribution in [0, 0.1) is 5.92 Å². The molecular weight excluding hydrogens is 308 g/mol. The molecule has 25 heavy (non-hydrogen) atoms. The second-order valence-corrected chi connectivity index (χ2v) is 8.04. The van der Waals surface area contributed by atoms with E-state index in [2.05, 4.69) is 45.9 Å². The summed E-state index contributed by atoms with van der Waals surface area (Å²) in [5.41, 5.74) is 3.71. The highest BCUT2D eigenvalue weighted by Gasteiger charge is 2.44. The Kier molecular flexibility index (Phi) is 3.78. The maximum Gasteiger partial charge on any atom is 0.254 e. The zero-order chi connectivity index (χ0) is 16.8. The van der Waals surface area contributed by atoms with Crippen molar-refractivity contribution in [2.24, 2.45) is 5.92 Å². The van der Waals surface area contributed by atoms with Gasteiger partial charge in [-0.1, -0.05) is 36.4 Å². The summed E-state index contributed by atoms with van der Waals surface area (Å²) in [5, 5.41) is 0. The quantitative estimate of drug-likeness (QED) is 0.841. The van der Waals surface area contributed by atoms with Crippen LogP contribution in [0.15, 0.2) is 47.3 Å². The smallest absolute Gasteiger partial charge is 0.254 e. The van der Waals surface area contributed by atoms with Crippen LogP contribution in [0.1, 0.15) is 48.4 Å². The average Bonchev–Trinajstić information content (AvgIpc) is 2.66. The first-order valence-corrected chi connectivity index (χ1v) is 9.82. The second kappa shape index (κ2) is 6.14. The van der Waals surface area contributed by atoms with Crippen molar-refractivity contribution in [1.82, 2.24) is 9.47 Å². The van der Waals surface area contributed by atoms with Crippen molar-refractivity contribution in [2.75, 3.05) is 13.1 Å². The Morgan fingerprint density at radius 3 is 2.60 bits per heavy atom. The van der Waals surface area contributed by atoms with Gasteiger partial charge in [0.1, 0.15) is 0 Å². The molecule has 2 fully saturated rings. The summed E-state index contributed by atoms with van der Waals surface area (Å²) >= 11 is 0. The van der Waals surface area contributed by atoms with Gasteiger partial charge in [-0.05, 0) is 56.3 Å². The Morgan fingerprint density at radius 1 is 0.960 bits per heavy atom. The third-order valence-electron chi connectivity index (χ3n) is 6.62. The summed E-state index contributed by atoms with van der Waals surface area (Å²) in [5.74, 6) is 1.22. The Balaban J connectivity index is 1.54. The molecule has 3 aliphatic rings. The Bertz CT molecular complexity index is 824. The van der Waals surface area contributed by atoms with E-state index in [4.69, 9.17) is 0 Å². The van der Waals surface area contributed by atoms with E-state index in [1.807, 2.05) is 6.07 Å². The van der Waals surface area contributed by atoms with Gasteiger partial charge in [0.05, 0.1) is 0 Å². The fraction of sp³-hybridized carbons (Fsp3) is 0.500. The van der Waals surface area contributed by atoms with Crippen LogP contribution in [-0.2, 0) is 13.0 Å². The van der Waals surface area contributed by atoms with E-state index in [1.165, 1.54) is 50.0 Å². The van der Waals surface area contributed by atoms with Crippen LogP contribution in [-0.4, -0.2) is 28.6 Å². The lowest BCUT2D eigenvalue weighted by Crippen LogP contribution is -2.56. The van der Waals surface area contributed by atoms with E-state index in [-0.39, 0.29) is 5.56 Å². The summed E-state index contributed by atoms with van der Waals surface area (Å²) in [6, 6.07) is 15.4. The van der Waals surface area contributed by atoms with Gasteiger partial charge in [-0.3, -0.25) is 9.69 Å². The van der Waals surface area contributed by atoms with Crippen molar-refractivity contribution in [2.45, 2.75) is 50.6 Å². The van der Waals surface area contributed by atoms with E-state index in [0.29, 0.717) is 17.9 Å². The summed E-state index contributed by atoms with van der Waals surface area (Å²) in [6.45, 7) is 3.44. The lowest BCUT2D eigenvalue weighted by molar-refractivity contribution is 0.0179. The molecular formula is C22H26N2O. The number of pyridine rings is 1. The van der Waals surface area contributed by atoms with Gasteiger partial charge < -0.3 is 4.57 Å². The molecule has 5 rings (SSSR count). The molecule has 4 heterocycles. The molecule has 3 heteroatoms. The Morgan fingerprint density at radius 2 is 1.76 bits per heavy atom. The molecule has 3 nitrogen and oxygen atoms in total. The van der Waals surface area contributed by atoms with Crippen molar-refractivity contribution in [3.63, 3.8) is 0 Å². The predicted octanol–water partition coefficient (Wildman–Crippen LogP) is 3.41. The second-order valence-electron chi connectivity index (χ2n) is 8.04. The van der Waals surface area contributed by atoms with Gasteiger partial charge in [0.2, 0.25) is 0 Å². The van der Waals surface area contributed by atoms with Crippen molar-refractivity contribution in [1.29, 1.82) is 0 Å². The van der Waals surface area contributed by atoms with E-state index in [0.717, 1.165) is 18.5 Å². The highest BCUT2D eigenvalue weighted by molar-refractivity contribution is 5.29. The highest BCUT2D eigenvalue weighted by atomic mass is 16.1. The van der Waals surface area contributed by atoms with E-state index in [1.54, 1.807) is 0 Å². The number of hydrogen-bond acceptors (Lipinski definition) is 2. The molecule has 3 aliphatic heterocycles. The van der Waals surface area contributed by atoms with Gasteiger partial charge in [-0.15, -0.1) is 0 Å². The monoisotopic (exact) mass is 334 g/mol. The number of aromatic nitrogens is 1. The number of rotatable bonds is 2. The van der Waals surface area contributed by atoms with Crippen LogP contribution >= 0.6 is 0 Å². The van der Waals surface area contributed by atoms with Crippen molar-refractivity contribution in [3.8, 4) is 0 Å². The molecule has 1 aromatic heterocycles. The zero-order valence-corrected chi connectivity index (χ0v) is 14.7. The van der Waals surface area contributed by atoms with E-state index < -0.39 is 0 Å². The summed E-state index contributed by atoms with van der Waals surface area (Å²) in [7, 11) is 0. The van der Waals surface area contributed by atoms with Crippen LogP contribution in [0.3, 0.4) is 0 Å². The average molecular weight is 334 g/mol. The first-order valence-electron chi connectivity index (χ1n) is 9.82. The van der Waals surface area contributed by atoms with Crippen LogP contribution in [0.25, 0.3) is 0 Å². The minimum Gasteiger partial charge on any atom is -0.312 e. The highest BCUT2D eigenvalue weighted by Crippen LogP contribution is 2.43. The standard InChI is InChI=1S/C22H26N2O/c25-22-17(14-16-6-2-1-3-7-16)10-11-20-19-9-5-13-23-12-4-8-18(21(19)23)15-24(20)22/h1-3,6-7,10-11,18-19,21H,4-5,8-9,12-15H2. The van der Waals surface area contributed by atoms with Crippen LogP contribution < -0.4 is 5.56 Å². The predicted molar refractivity (Wildman–Crippen MR) is 100 cm³/mol. The SMILES string of the molecule is O=c1c(Cc2ccccc2)ccc2n1CC1CCCN3CCCC2C13. The summed E-state index contributed by atoms with van der Waals surface area (Å²) in [4.78, 5) is 15.9. The van der Waals surface area contributed by atoms with Crippen molar-refractivity contribution >= 4 is 0 Å². The molecule has 2 aromatic rings. The normalized spacial score (nSPS) is 28.2. The van der Waals surface area contributed by atoms with Crippen LogP contribution in [0.5, 0.6) is 0 Å². The third-order valence-corrected chi connectivity index (χ3v) is 6.62. The number of nitrogens with zero attached hydrogens (tertiary/aromatic N) is 2. The van der Waals surface area contributed by atoms with Crippen LogP contribution in [0.2, 0.25) is 0 Å². The van der Waals surface area contributed by atoms with Gasteiger partial charge >= 0.3 is 0 Å². The maximum atomic E-state index is 13.2. The molecule has 3 atom stereocenters. The molecule has 130 valence electrons. The summed E-state index contributed by atoms with van der Waals surface area (Å²) < 4.78 is 2.14. The zero-order valence-electron chi connectivity index (χ0n) is 14.7. The van der Waals surface area contributed by atoms with E-state index in [9.17, 15) is 4.79 Å². The van der Waals surface area contributed by atoms with Gasteiger partial charge in [0, 0.05) is 36.2 Å². The van der Waals surface area contributed by atoms with Crippen molar-refractivity contribution < 1.29 is 0 Å². The Labute approximate surface area is 149 Å². The molecule has 0 saturated carbocycles. The largest absolute Gasteiger partial charge is 0.312 e. The van der Waals surface area contributed by atoms with Gasteiger partial charge in [-0.25, -0.2) is 0 Å². The lowest BCUT2D eigenvalue weighted by Gasteiger charge is -2.52. The fourth-order valence-corrected chi connectivity index (χ4v) is 5.56. The number of benzene rings is 1. The molecule has 0 radical (unpaired) electrons. The fourth-order valence-electron chi connectivity index (χ4n) is 5.56. The number of piperidine rings is 2. The molecule has 1 aromatic carbocycles. The molecule has 0 amide bonds. The Hall–Kier alpha value is -1.87. The topological polar surface area (TPSA) is 25.2 Å². The van der Waals surface area contributed by atoms with Crippen molar-refractivity contribution in [3.05, 3.63) is 69.6 Å². The van der Waals surface area contributed by atoms with Gasteiger partial charge in [0.15, 0.2) is 0 Å². The molecule has 0 spiro atoms. The van der Waals surface area contributed by atoms with Gasteiger partial charge in [0.25, 0.3) is 5.56 Å². The maximum absolute atomic E-state index is 13.2. The molecule has 0 bridgehead atoms. The van der Waals surface area contributed by atoms with E-state index >= 15 is 0 Å². The number of fused-ring (bicyclic) bond motifs is 2. The first kappa shape index (κ1) is 15.4. The van der Waals surface area contributed by atoms with Gasteiger partial charge in [-0.2, -0.15) is 0 Å².